The highest BCUT2D eigenvalue weighted by molar-refractivity contribution is 5.79. The summed E-state index contributed by atoms with van der Waals surface area (Å²) >= 11 is 0. The normalized spacial score (nSPS) is 11.9. The lowest BCUT2D eigenvalue weighted by molar-refractivity contribution is -0.139. The van der Waals surface area contributed by atoms with Gasteiger partial charge in [-0.15, -0.1) is 0 Å². The third-order valence-electron chi connectivity index (χ3n) is 2.88. The molecule has 5 heteroatoms. The number of hydrogen-bond acceptors (Lipinski definition) is 3. The van der Waals surface area contributed by atoms with Crippen LogP contribution >= 0.6 is 0 Å². The molecule has 0 bridgehead atoms. The number of aliphatic carboxylic acids is 1. The van der Waals surface area contributed by atoms with E-state index in [1.165, 1.54) is 6.92 Å². The van der Waals surface area contributed by atoms with Crippen LogP contribution in [0.1, 0.15) is 19.4 Å². The molecule has 0 aliphatic carbocycles. The van der Waals surface area contributed by atoms with Gasteiger partial charge in [-0.25, -0.2) is 0 Å². The summed E-state index contributed by atoms with van der Waals surface area (Å²) in [6.45, 7) is 4.59. The highest BCUT2D eigenvalue weighted by Crippen LogP contribution is 2.04. The molecule has 5 nitrogen and oxygen atoms in total. The van der Waals surface area contributed by atoms with E-state index < -0.39 is 12.0 Å². The molecule has 0 aliphatic heterocycles. The van der Waals surface area contributed by atoms with Crippen molar-refractivity contribution in [3.05, 3.63) is 35.9 Å². The number of likely N-dealkylation sites (N-methyl/N-ethyl adjacent to an activating group) is 1. The first-order valence-electron chi connectivity index (χ1n) is 6.32. The number of nitrogens with one attached hydrogen (secondary N) is 1. The second-order valence-corrected chi connectivity index (χ2v) is 4.33. The van der Waals surface area contributed by atoms with Crippen molar-refractivity contribution in [2.24, 2.45) is 0 Å². The Bertz CT molecular complexity index is 420. The molecule has 0 aromatic heterocycles. The molecular formula is C14H20N2O3. The molecule has 1 aromatic carbocycles. The first-order chi connectivity index (χ1) is 9.04. The summed E-state index contributed by atoms with van der Waals surface area (Å²) in [6.07, 6.45) is 0. The standard InChI is InChI=1S/C14H20N2O3/c1-3-16(10-12-7-5-4-6-8-12)13(17)9-15-11(2)14(18)19/h4-8,11,15H,3,9-10H2,1-2H3,(H,18,19)/t11-/m1/s1. The van der Waals surface area contributed by atoms with Crippen molar-refractivity contribution in [1.82, 2.24) is 10.2 Å². The molecule has 0 saturated heterocycles. The Morgan fingerprint density at radius 1 is 1.32 bits per heavy atom. The second-order valence-electron chi connectivity index (χ2n) is 4.33. The van der Waals surface area contributed by atoms with Crippen LogP contribution in [-0.2, 0) is 16.1 Å². The van der Waals surface area contributed by atoms with Crippen LogP contribution in [0.5, 0.6) is 0 Å². The van der Waals surface area contributed by atoms with Gasteiger partial charge in [0.15, 0.2) is 0 Å². The van der Waals surface area contributed by atoms with Crippen LogP contribution in [0, 0.1) is 0 Å². The van der Waals surface area contributed by atoms with Crippen molar-refractivity contribution in [2.75, 3.05) is 13.1 Å². The Hall–Kier alpha value is -1.88. The molecule has 19 heavy (non-hydrogen) atoms. The van der Waals surface area contributed by atoms with Crippen LogP contribution < -0.4 is 5.32 Å². The number of benzene rings is 1. The quantitative estimate of drug-likeness (QED) is 0.773. The van der Waals surface area contributed by atoms with Crippen LogP contribution in [0.3, 0.4) is 0 Å². The van der Waals surface area contributed by atoms with Gasteiger partial charge < -0.3 is 10.0 Å². The molecule has 0 unspecified atom stereocenters. The van der Waals surface area contributed by atoms with Gasteiger partial charge in [-0.2, -0.15) is 0 Å². The molecule has 1 rings (SSSR count). The highest BCUT2D eigenvalue weighted by Gasteiger charge is 2.15. The number of hydrogen-bond donors (Lipinski definition) is 2. The average Bonchev–Trinajstić information content (AvgIpc) is 2.42. The summed E-state index contributed by atoms with van der Waals surface area (Å²) in [5.41, 5.74) is 1.06. The first-order valence-corrected chi connectivity index (χ1v) is 6.32. The van der Waals surface area contributed by atoms with E-state index in [2.05, 4.69) is 5.32 Å². The van der Waals surface area contributed by atoms with Crippen LogP contribution in [0.4, 0.5) is 0 Å². The molecule has 1 atom stereocenters. The summed E-state index contributed by atoms with van der Waals surface area (Å²) in [5.74, 6) is -1.06. The van der Waals surface area contributed by atoms with E-state index in [1.54, 1.807) is 4.90 Å². The van der Waals surface area contributed by atoms with Gasteiger partial charge in [-0.05, 0) is 19.4 Å². The largest absolute Gasteiger partial charge is 0.480 e. The molecule has 0 spiro atoms. The monoisotopic (exact) mass is 264 g/mol. The van der Waals surface area contributed by atoms with Gasteiger partial charge in [-0.1, -0.05) is 30.3 Å². The maximum absolute atomic E-state index is 12.0. The predicted octanol–water partition coefficient (Wildman–Crippen LogP) is 1.10. The molecule has 104 valence electrons. The van der Waals surface area contributed by atoms with Crippen molar-refractivity contribution >= 4 is 11.9 Å². The van der Waals surface area contributed by atoms with Crippen molar-refractivity contribution < 1.29 is 14.7 Å². The molecule has 1 aromatic rings. The second kappa shape index (κ2) is 7.53. The molecular weight excluding hydrogens is 244 g/mol. The van der Waals surface area contributed by atoms with Crippen molar-refractivity contribution in [2.45, 2.75) is 26.4 Å². The van der Waals surface area contributed by atoms with Crippen molar-refractivity contribution in [3.63, 3.8) is 0 Å². The van der Waals surface area contributed by atoms with E-state index in [-0.39, 0.29) is 12.5 Å². The van der Waals surface area contributed by atoms with Gasteiger partial charge in [0, 0.05) is 13.1 Å². The smallest absolute Gasteiger partial charge is 0.320 e. The molecule has 2 N–H and O–H groups in total. The maximum Gasteiger partial charge on any atom is 0.320 e. The van der Waals surface area contributed by atoms with Gasteiger partial charge in [0.25, 0.3) is 0 Å². The Morgan fingerprint density at radius 3 is 2.47 bits per heavy atom. The Kier molecular flexibility index (Phi) is 6.02. The fourth-order valence-corrected chi connectivity index (χ4v) is 1.62. The minimum atomic E-state index is -0.959. The lowest BCUT2D eigenvalue weighted by atomic mass is 10.2. The predicted molar refractivity (Wildman–Crippen MR) is 72.6 cm³/mol. The topological polar surface area (TPSA) is 69.6 Å². The van der Waals surface area contributed by atoms with Crippen molar-refractivity contribution in [3.8, 4) is 0 Å². The molecule has 0 fully saturated rings. The van der Waals surface area contributed by atoms with Gasteiger partial charge in [-0.3, -0.25) is 14.9 Å². The summed E-state index contributed by atoms with van der Waals surface area (Å²) < 4.78 is 0. The van der Waals surface area contributed by atoms with Gasteiger partial charge >= 0.3 is 5.97 Å². The summed E-state index contributed by atoms with van der Waals surface area (Å²) in [7, 11) is 0. The Balaban J connectivity index is 2.50. The number of carbonyl (C=O) groups excluding carboxylic acids is 1. The van der Waals surface area contributed by atoms with E-state index in [1.807, 2.05) is 37.3 Å². The lowest BCUT2D eigenvalue weighted by Gasteiger charge is -2.22. The Labute approximate surface area is 113 Å². The fourth-order valence-electron chi connectivity index (χ4n) is 1.62. The number of carbonyl (C=O) groups is 2. The van der Waals surface area contributed by atoms with Crippen LogP contribution in [-0.4, -0.2) is 41.0 Å². The molecule has 0 heterocycles. The van der Waals surface area contributed by atoms with E-state index in [0.29, 0.717) is 13.1 Å². The number of rotatable bonds is 7. The minimum absolute atomic E-state index is 0.0359. The number of carboxylic acid groups (broad SMARTS) is 1. The van der Waals surface area contributed by atoms with E-state index in [4.69, 9.17) is 5.11 Å². The molecule has 0 aliphatic rings. The lowest BCUT2D eigenvalue weighted by Crippen LogP contribution is -2.43. The first kappa shape index (κ1) is 15.2. The third kappa shape index (κ3) is 5.09. The van der Waals surface area contributed by atoms with E-state index in [0.717, 1.165) is 5.56 Å². The molecule has 1 amide bonds. The van der Waals surface area contributed by atoms with E-state index in [9.17, 15) is 9.59 Å². The fraction of sp³-hybridized carbons (Fsp3) is 0.429. The summed E-state index contributed by atoms with van der Waals surface area (Å²) in [4.78, 5) is 24.3. The van der Waals surface area contributed by atoms with Crippen LogP contribution in [0.2, 0.25) is 0 Å². The highest BCUT2D eigenvalue weighted by atomic mass is 16.4. The molecule has 0 radical (unpaired) electrons. The van der Waals surface area contributed by atoms with Crippen LogP contribution in [0.25, 0.3) is 0 Å². The minimum Gasteiger partial charge on any atom is -0.480 e. The van der Waals surface area contributed by atoms with Gasteiger partial charge in [0.05, 0.1) is 6.54 Å². The Morgan fingerprint density at radius 2 is 1.95 bits per heavy atom. The zero-order chi connectivity index (χ0) is 14.3. The van der Waals surface area contributed by atoms with Crippen molar-refractivity contribution in [1.29, 1.82) is 0 Å². The number of amides is 1. The maximum atomic E-state index is 12.0. The zero-order valence-electron chi connectivity index (χ0n) is 11.3. The zero-order valence-corrected chi connectivity index (χ0v) is 11.3. The third-order valence-corrected chi connectivity index (χ3v) is 2.88. The van der Waals surface area contributed by atoms with Gasteiger partial charge in [0.2, 0.25) is 5.91 Å². The van der Waals surface area contributed by atoms with E-state index >= 15 is 0 Å². The van der Waals surface area contributed by atoms with Gasteiger partial charge in [0.1, 0.15) is 6.04 Å². The average molecular weight is 264 g/mol. The number of carboxylic acids is 1. The SMILES string of the molecule is CCN(Cc1ccccc1)C(=O)CN[C@H](C)C(=O)O. The molecule has 0 saturated carbocycles. The summed E-state index contributed by atoms with van der Waals surface area (Å²) in [5, 5.41) is 11.4. The summed E-state index contributed by atoms with van der Waals surface area (Å²) in [6, 6.07) is 8.99. The number of nitrogens with zero attached hydrogens (tertiary/aromatic N) is 1. The van der Waals surface area contributed by atoms with Crippen LogP contribution in [0.15, 0.2) is 30.3 Å².